The fourth-order valence-corrected chi connectivity index (χ4v) is 2.72. The largest absolute Gasteiger partial charge is 0.396 e. The van der Waals surface area contributed by atoms with E-state index in [0.29, 0.717) is 24.3 Å². The Hall–Kier alpha value is -2.93. The predicted octanol–water partition coefficient (Wildman–Crippen LogP) is 1.19. The van der Waals surface area contributed by atoms with Gasteiger partial charge < -0.3 is 15.0 Å². The first-order valence-corrected chi connectivity index (χ1v) is 8.13. The zero-order valence-electron chi connectivity index (χ0n) is 14.0. The number of carbonyl (C=O) groups excluding carboxylic acids is 1. The van der Waals surface area contributed by atoms with Gasteiger partial charge in [-0.2, -0.15) is 5.10 Å². The molecule has 3 aromatic rings. The highest BCUT2D eigenvalue weighted by Crippen LogP contribution is 2.14. The number of aryl methyl sites for hydroxylation is 1. The van der Waals surface area contributed by atoms with Crippen LogP contribution in [0.4, 0.5) is 0 Å². The highest BCUT2D eigenvalue weighted by Gasteiger charge is 2.18. The summed E-state index contributed by atoms with van der Waals surface area (Å²) in [6, 6.07) is 9.46. The molecule has 1 unspecified atom stereocenters. The first-order chi connectivity index (χ1) is 12.2. The highest BCUT2D eigenvalue weighted by molar-refractivity contribution is 5.97. The molecule has 7 nitrogen and oxygen atoms in total. The number of pyridine rings is 1. The number of carbonyl (C=O) groups is 1. The standard InChI is InChI=1S/C18H21N5O2/c1-22-18(23-8-4-5-9-23)16(12-21-22)17(25)20-11-14(13-24)10-15-6-2-3-7-19-15/h2-9,12,14,24H,10-11,13H2,1H3,(H,20,25). The SMILES string of the molecule is Cn1ncc(C(=O)NCC(CO)Cc2ccccn2)c1-n1cccc1. The summed E-state index contributed by atoms with van der Waals surface area (Å²) in [7, 11) is 1.80. The van der Waals surface area contributed by atoms with Crippen LogP contribution < -0.4 is 5.32 Å². The summed E-state index contributed by atoms with van der Waals surface area (Å²) < 4.78 is 3.51. The maximum absolute atomic E-state index is 12.6. The molecule has 0 aliphatic rings. The molecule has 1 amide bonds. The van der Waals surface area contributed by atoms with Crippen LogP contribution in [0, 0.1) is 5.92 Å². The molecule has 0 aromatic carbocycles. The normalized spacial score (nSPS) is 12.1. The van der Waals surface area contributed by atoms with Gasteiger partial charge >= 0.3 is 0 Å². The van der Waals surface area contributed by atoms with Crippen molar-refractivity contribution < 1.29 is 9.90 Å². The molecule has 0 bridgehead atoms. The predicted molar refractivity (Wildman–Crippen MR) is 93.4 cm³/mol. The summed E-state index contributed by atoms with van der Waals surface area (Å²) in [6.07, 6.45) is 7.62. The average Bonchev–Trinajstić information content (AvgIpc) is 3.28. The van der Waals surface area contributed by atoms with E-state index in [1.807, 2.05) is 47.3 Å². The molecule has 0 saturated heterocycles. The number of hydrogen-bond donors (Lipinski definition) is 2. The number of aliphatic hydroxyl groups is 1. The van der Waals surface area contributed by atoms with Gasteiger partial charge in [-0.15, -0.1) is 0 Å². The molecule has 0 fully saturated rings. The van der Waals surface area contributed by atoms with Gasteiger partial charge in [-0.3, -0.25) is 14.5 Å². The van der Waals surface area contributed by atoms with E-state index >= 15 is 0 Å². The van der Waals surface area contributed by atoms with Gasteiger partial charge in [-0.05, 0) is 30.7 Å². The number of nitrogens with one attached hydrogen (secondary N) is 1. The van der Waals surface area contributed by atoms with Crippen molar-refractivity contribution in [3.05, 3.63) is 66.4 Å². The van der Waals surface area contributed by atoms with Crippen LogP contribution in [0.1, 0.15) is 16.1 Å². The Balaban J connectivity index is 1.66. The van der Waals surface area contributed by atoms with Gasteiger partial charge in [0, 0.05) is 50.4 Å². The van der Waals surface area contributed by atoms with E-state index in [1.54, 1.807) is 24.1 Å². The first-order valence-electron chi connectivity index (χ1n) is 8.13. The Kier molecular flexibility index (Phi) is 5.25. The van der Waals surface area contributed by atoms with Crippen LogP contribution in [-0.2, 0) is 13.5 Å². The van der Waals surface area contributed by atoms with Gasteiger partial charge in [0.1, 0.15) is 11.4 Å². The van der Waals surface area contributed by atoms with E-state index in [2.05, 4.69) is 15.4 Å². The van der Waals surface area contributed by atoms with Crippen LogP contribution >= 0.6 is 0 Å². The molecule has 130 valence electrons. The average molecular weight is 339 g/mol. The molecule has 0 aliphatic carbocycles. The molecule has 0 spiro atoms. The van der Waals surface area contributed by atoms with E-state index in [0.717, 1.165) is 5.69 Å². The van der Waals surface area contributed by atoms with Crippen LogP contribution in [0.25, 0.3) is 5.82 Å². The zero-order valence-corrected chi connectivity index (χ0v) is 14.0. The lowest BCUT2D eigenvalue weighted by Gasteiger charge is -2.15. The third kappa shape index (κ3) is 3.95. The fraction of sp³-hybridized carbons (Fsp3) is 0.278. The number of nitrogens with zero attached hydrogens (tertiary/aromatic N) is 4. The quantitative estimate of drug-likeness (QED) is 0.677. The van der Waals surface area contributed by atoms with Gasteiger partial charge in [0.25, 0.3) is 5.91 Å². The molecular formula is C18H21N5O2. The van der Waals surface area contributed by atoms with E-state index in [-0.39, 0.29) is 18.4 Å². The van der Waals surface area contributed by atoms with Gasteiger partial charge in [-0.25, -0.2) is 0 Å². The third-order valence-corrected chi connectivity index (χ3v) is 4.03. The molecule has 25 heavy (non-hydrogen) atoms. The minimum Gasteiger partial charge on any atom is -0.396 e. The summed E-state index contributed by atoms with van der Waals surface area (Å²) in [5.41, 5.74) is 1.39. The minimum absolute atomic E-state index is 0.0195. The monoisotopic (exact) mass is 339 g/mol. The summed E-state index contributed by atoms with van der Waals surface area (Å²) in [5, 5.41) is 16.7. The molecule has 3 aromatic heterocycles. The lowest BCUT2D eigenvalue weighted by Crippen LogP contribution is -2.32. The number of amides is 1. The molecule has 3 rings (SSSR count). The summed E-state index contributed by atoms with van der Waals surface area (Å²) >= 11 is 0. The van der Waals surface area contributed by atoms with Crippen molar-refractivity contribution in [1.29, 1.82) is 0 Å². The van der Waals surface area contributed by atoms with E-state index < -0.39 is 0 Å². The molecule has 0 radical (unpaired) electrons. The maximum atomic E-state index is 12.6. The fourth-order valence-electron chi connectivity index (χ4n) is 2.72. The maximum Gasteiger partial charge on any atom is 0.256 e. The van der Waals surface area contributed by atoms with Crippen molar-refractivity contribution in [3.8, 4) is 5.82 Å². The number of aliphatic hydroxyl groups excluding tert-OH is 1. The molecule has 2 N–H and O–H groups in total. The highest BCUT2D eigenvalue weighted by atomic mass is 16.3. The van der Waals surface area contributed by atoms with Crippen molar-refractivity contribution >= 4 is 5.91 Å². The lowest BCUT2D eigenvalue weighted by molar-refractivity contribution is 0.0939. The second-order valence-corrected chi connectivity index (χ2v) is 5.88. The first kappa shape index (κ1) is 16.9. The second-order valence-electron chi connectivity index (χ2n) is 5.88. The van der Waals surface area contributed by atoms with Crippen LogP contribution in [0.3, 0.4) is 0 Å². The van der Waals surface area contributed by atoms with Gasteiger partial charge in [-0.1, -0.05) is 6.07 Å². The summed E-state index contributed by atoms with van der Waals surface area (Å²) in [5.74, 6) is 0.398. The van der Waals surface area contributed by atoms with Crippen LogP contribution in [-0.4, -0.2) is 43.5 Å². The molecule has 3 heterocycles. The van der Waals surface area contributed by atoms with Crippen LogP contribution in [0.15, 0.2) is 55.1 Å². The van der Waals surface area contributed by atoms with Crippen LogP contribution in [0.5, 0.6) is 0 Å². The zero-order chi connectivity index (χ0) is 17.6. The number of hydrogen-bond acceptors (Lipinski definition) is 4. The molecule has 7 heteroatoms. The summed E-state index contributed by atoms with van der Waals surface area (Å²) in [6.45, 7) is 0.347. The number of rotatable bonds is 7. The van der Waals surface area contributed by atoms with Crippen molar-refractivity contribution in [2.75, 3.05) is 13.2 Å². The van der Waals surface area contributed by atoms with E-state index in [4.69, 9.17) is 0 Å². The second kappa shape index (κ2) is 7.76. The van der Waals surface area contributed by atoms with Crippen LogP contribution in [0.2, 0.25) is 0 Å². The topological polar surface area (TPSA) is 85.0 Å². The molecule has 0 saturated carbocycles. The smallest absolute Gasteiger partial charge is 0.256 e. The Morgan fingerprint density at radius 3 is 2.76 bits per heavy atom. The third-order valence-electron chi connectivity index (χ3n) is 4.03. The Morgan fingerprint density at radius 2 is 2.08 bits per heavy atom. The minimum atomic E-state index is -0.212. The molecule has 0 aliphatic heterocycles. The van der Waals surface area contributed by atoms with Crippen molar-refractivity contribution in [1.82, 2.24) is 24.6 Å². The van der Waals surface area contributed by atoms with Gasteiger partial charge in [0.2, 0.25) is 0 Å². The Bertz CT molecular complexity index is 811. The molecule has 1 atom stereocenters. The summed E-state index contributed by atoms with van der Waals surface area (Å²) in [4.78, 5) is 16.8. The van der Waals surface area contributed by atoms with E-state index in [1.165, 1.54) is 0 Å². The van der Waals surface area contributed by atoms with Crippen molar-refractivity contribution in [3.63, 3.8) is 0 Å². The van der Waals surface area contributed by atoms with Gasteiger partial charge in [0.15, 0.2) is 0 Å². The Labute approximate surface area is 145 Å². The number of aromatic nitrogens is 4. The van der Waals surface area contributed by atoms with Crippen molar-refractivity contribution in [2.45, 2.75) is 6.42 Å². The van der Waals surface area contributed by atoms with Gasteiger partial charge in [0.05, 0.1) is 6.20 Å². The Morgan fingerprint density at radius 1 is 1.28 bits per heavy atom. The lowest BCUT2D eigenvalue weighted by atomic mass is 10.0. The van der Waals surface area contributed by atoms with E-state index in [9.17, 15) is 9.90 Å². The molecular weight excluding hydrogens is 318 g/mol. The van der Waals surface area contributed by atoms with Crippen molar-refractivity contribution in [2.24, 2.45) is 13.0 Å².